The Balaban J connectivity index is 0.00000109. The molecule has 0 fully saturated rings. The molecule has 0 amide bonds. The van der Waals surface area contributed by atoms with E-state index in [0.717, 1.165) is 44.0 Å². The Morgan fingerprint density at radius 3 is 2.57 bits per heavy atom. The number of hydrogen-bond acceptors (Lipinski definition) is 3. The molecule has 0 saturated heterocycles. The highest BCUT2D eigenvalue weighted by molar-refractivity contribution is 9.10. The zero-order valence-corrected chi connectivity index (χ0v) is 18.4. The number of rotatable bonds is 2. The van der Waals surface area contributed by atoms with Gasteiger partial charge in [0.1, 0.15) is 11.8 Å². The van der Waals surface area contributed by atoms with Crippen LogP contribution in [0.3, 0.4) is 0 Å². The molecule has 0 N–H and O–H groups in total. The second-order valence-electron chi connectivity index (χ2n) is 6.45. The van der Waals surface area contributed by atoms with E-state index < -0.39 is 0 Å². The van der Waals surface area contributed by atoms with Crippen molar-refractivity contribution < 1.29 is 0 Å². The number of halogens is 1. The van der Waals surface area contributed by atoms with E-state index in [0.29, 0.717) is 5.56 Å². The van der Waals surface area contributed by atoms with Crippen molar-refractivity contribution in [3.8, 4) is 17.3 Å². The Morgan fingerprint density at radius 2 is 1.93 bits per heavy atom. The largest absolute Gasteiger partial charge is 0.266 e. The summed E-state index contributed by atoms with van der Waals surface area (Å²) in [7, 11) is 1.94. The van der Waals surface area contributed by atoms with Gasteiger partial charge in [0.15, 0.2) is 0 Å². The average molecular weight is 435 g/mol. The van der Waals surface area contributed by atoms with Gasteiger partial charge < -0.3 is 0 Å². The number of aromatic nitrogens is 3. The van der Waals surface area contributed by atoms with Crippen LogP contribution in [0.25, 0.3) is 33.1 Å². The quantitative estimate of drug-likeness (QED) is 0.370. The average Bonchev–Trinajstić information content (AvgIpc) is 3.06. The van der Waals surface area contributed by atoms with Crippen LogP contribution in [-0.2, 0) is 13.5 Å². The van der Waals surface area contributed by atoms with Gasteiger partial charge >= 0.3 is 0 Å². The Kier molecular flexibility index (Phi) is 5.81. The molecule has 4 aromatic rings. The molecule has 4 rings (SSSR count). The zero-order valence-electron chi connectivity index (χ0n) is 16.8. The number of benzene rings is 2. The molecule has 0 radical (unpaired) electrons. The maximum Gasteiger partial charge on any atom is 0.101 e. The van der Waals surface area contributed by atoms with E-state index >= 15 is 0 Å². The van der Waals surface area contributed by atoms with Gasteiger partial charge in [-0.15, -0.1) is 0 Å². The summed E-state index contributed by atoms with van der Waals surface area (Å²) in [5.74, 6) is 0. The number of aryl methyl sites for hydroxylation is 3. The fraction of sp³-hybridized carbons (Fsp3) is 0.261. The summed E-state index contributed by atoms with van der Waals surface area (Å²) in [5.41, 5.74) is 7.07. The number of fused-ring (bicyclic) bond motifs is 3. The fourth-order valence-electron chi connectivity index (χ4n) is 3.46. The van der Waals surface area contributed by atoms with Crippen molar-refractivity contribution in [2.45, 2.75) is 34.1 Å². The predicted molar refractivity (Wildman–Crippen MR) is 119 cm³/mol. The highest BCUT2D eigenvalue weighted by Gasteiger charge is 2.16. The van der Waals surface area contributed by atoms with E-state index in [1.54, 1.807) is 0 Å². The van der Waals surface area contributed by atoms with Crippen LogP contribution in [0.4, 0.5) is 0 Å². The Hall–Kier alpha value is -2.71. The first-order valence-corrected chi connectivity index (χ1v) is 10.3. The highest BCUT2D eigenvalue weighted by atomic mass is 79.9. The van der Waals surface area contributed by atoms with Gasteiger partial charge in [0, 0.05) is 27.9 Å². The summed E-state index contributed by atoms with van der Waals surface area (Å²) in [6.07, 6.45) is 2.88. The van der Waals surface area contributed by atoms with Crippen LogP contribution in [0.2, 0.25) is 0 Å². The Bertz CT molecular complexity index is 1220. The minimum Gasteiger partial charge on any atom is -0.266 e. The molecule has 4 nitrogen and oxygen atoms in total. The minimum absolute atomic E-state index is 0.615. The van der Waals surface area contributed by atoms with E-state index in [2.05, 4.69) is 53.0 Å². The number of pyridine rings is 1. The molecule has 0 aliphatic carbocycles. The number of hydrogen-bond donors (Lipinski definition) is 0. The monoisotopic (exact) mass is 434 g/mol. The van der Waals surface area contributed by atoms with Gasteiger partial charge in [-0.25, -0.2) is 0 Å². The minimum atomic E-state index is 0.615. The van der Waals surface area contributed by atoms with Crippen LogP contribution < -0.4 is 0 Å². The Morgan fingerprint density at radius 1 is 1.18 bits per heavy atom. The first-order chi connectivity index (χ1) is 13.5. The molecule has 2 heterocycles. The van der Waals surface area contributed by atoms with Gasteiger partial charge in [0.05, 0.1) is 22.8 Å². The predicted octanol–water partition coefficient (Wildman–Crippen LogP) is 6.32. The van der Waals surface area contributed by atoms with Crippen molar-refractivity contribution >= 4 is 37.7 Å². The van der Waals surface area contributed by atoms with Crippen LogP contribution >= 0.6 is 15.9 Å². The van der Waals surface area contributed by atoms with Crippen molar-refractivity contribution in [2.24, 2.45) is 7.05 Å². The SMILES string of the molecule is CC.CCc1cc2ncc3c(c(-c4ccc(C#N)c(Br)c4)nn3C)c2cc1C. The van der Waals surface area contributed by atoms with Crippen molar-refractivity contribution in [2.75, 3.05) is 0 Å². The van der Waals surface area contributed by atoms with Gasteiger partial charge in [-0.3, -0.25) is 9.67 Å². The maximum atomic E-state index is 9.17. The molecule has 0 aliphatic heterocycles. The van der Waals surface area contributed by atoms with Crippen molar-refractivity contribution in [1.82, 2.24) is 14.8 Å². The molecule has 0 atom stereocenters. The second kappa shape index (κ2) is 8.12. The number of nitriles is 1. The lowest BCUT2D eigenvalue weighted by Crippen LogP contribution is -1.92. The Labute approximate surface area is 173 Å². The standard InChI is InChI=1S/C21H17BrN4.C2H6/c1-4-13-9-18-16(7-12(13)2)20-19(11-24-18)26(3)25-21(20)14-5-6-15(10-23)17(22)8-14;1-2/h5-9,11H,4H2,1-3H3;1-2H3. The van der Waals surface area contributed by atoms with Crippen LogP contribution in [-0.4, -0.2) is 14.8 Å². The third-order valence-electron chi connectivity index (χ3n) is 4.88. The van der Waals surface area contributed by atoms with Gasteiger partial charge in [-0.05, 0) is 64.7 Å². The van der Waals surface area contributed by atoms with E-state index in [4.69, 9.17) is 10.4 Å². The molecule has 2 aromatic carbocycles. The second-order valence-corrected chi connectivity index (χ2v) is 7.30. The van der Waals surface area contributed by atoms with Crippen LogP contribution in [0.5, 0.6) is 0 Å². The normalized spacial score (nSPS) is 10.6. The van der Waals surface area contributed by atoms with Crippen LogP contribution in [0, 0.1) is 18.3 Å². The summed E-state index contributed by atoms with van der Waals surface area (Å²) in [6, 6.07) is 12.3. The summed E-state index contributed by atoms with van der Waals surface area (Å²) < 4.78 is 2.64. The summed E-state index contributed by atoms with van der Waals surface area (Å²) in [6.45, 7) is 8.31. The van der Waals surface area contributed by atoms with Crippen LogP contribution in [0.15, 0.2) is 41.0 Å². The van der Waals surface area contributed by atoms with Gasteiger partial charge in [0.25, 0.3) is 0 Å². The summed E-state index contributed by atoms with van der Waals surface area (Å²) >= 11 is 3.49. The molecule has 5 heteroatoms. The lowest BCUT2D eigenvalue weighted by atomic mass is 9.99. The topological polar surface area (TPSA) is 54.5 Å². The number of nitrogens with zero attached hydrogens (tertiary/aromatic N) is 4. The molecular weight excluding hydrogens is 412 g/mol. The molecule has 0 aliphatic rings. The highest BCUT2D eigenvalue weighted by Crippen LogP contribution is 2.35. The van der Waals surface area contributed by atoms with E-state index in [1.807, 2.05) is 50.0 Å². The van der Waals surface area contributed by atoms with Crippen LogP contribution in [0.1, 0.15) is 37.5 Å². The first-order valence-electron chi connectivity index (χ1n) is 9.48. The zero-order chi connectivity index (χ0) is 20.4. The maximum absolute atomic E-state index is 9.17. The lowest BCUT2D eigenvalue weighted by Gasteiger charge is -2.08. The molecule has 28 heavy (non-hydrogen) atoms. The smallest absolute Gasteiger partial charge is 0.101 e. The van der Waals surface area contributed by atoms with Crippen molar-refractivity contribution in [3.05, 3.63) is 57.7 Å². The summed E-state index contributed by atoms with van der Waals surface area (Å²) in [4.78, 5) is 4.66. The van der Waals surface area contributed by atoms with E-state index in [1.165, 1.54) is 11.1 Å². The molecule has 0 unspecified atom stereocenters. The molecule has 0 saturated carbocycles. The molecule has 0 bridgehead atoms. The van der Waals surface area contributed by atoms with Crippen molar-refractivity contribution in [3.63, 3.8) is 0 Å². The first kappa shape index (κ1) is 20.0. The molecule has 0 spiro atoms. The van der Waals surface area contributed by atoms with E-state index in [9.17, 15) is 0 Å². The molecule has 2 aromatic heterocycles. The van der Waals surface area contributed by atoms with Crippen molar-refractivity contribution in [1.29, 1.82) is 5.26 Å². The van der Waals surface area contributed by atoms with E-state index in [-0.39, 0.29) is 0 Å². The summed E-state index contributed by atoms with van der Waals surface area (Å²) in [5, 5.41) is 16.1. The fourth-order valence-corrected chi connectivity index (χ4v) is 3.93. The van der Waals surface area contributed by atoms with Gasteiger partial charge in [-0.1, -0.05) is 26.8 Å². The van der Waals surface area contributed by atoms with Gasteiger partial charge in [-0.2, -0.15) is 10.4 Å². The van der Waals surface area contributed by atoms with Gasteiger partial charge in [0.2, 0.25) is 0 Å². The third kappa shape index (κ3) is 3.29. The molecule has 142 valence electrons. The third-order valence-corrected chi connectivity index (χ3v) is 5.54. The molecular formula is C23H23BrN4. The lowest BCUT2D eigenvalue weighted by molar-refractivity contribution is 0.799.